The van der Waals surface area contributed by atoms with Crippen LogP contribution in [0.2, 0.25) is 0 Å². The largest absolute Gasteiger partial charge is 0.460 e. The van der Waals surface area contributed by atoms with Gasteiger partial charge < -0.3 is 0 Å². The Labute approximate surface area is 145 Å². The number of halogens is 13. The molecule has 0 spiro atoms. The summed E-state index contributed by atoms with van der Waals surface area (Å²) in [7, 11) is 0. The van der Waals surface area contributed by atoms with Crippen molar-refractivity contribution < 1.29 is 61.9 Å². The van der Waals surface area contributed by atoms with Crippen molar-refractivity contribution in [3.05, 3.63) is 11.9 Å². The number of aromatic nitrogens is 3. The van der Waals surface area contributed by atoms with E-state index in [9.17, 15) is 61.9 Å². The average Bonchev–Trinajstić information content (AvgIpc) is 2.99. The van der Waals surface area contributed by atoms with Crippen LogP contribution in [-0.2, 0) is 6.54 Å². The number of rotatable bonds is 8. The molecule has 0 fully saturated rings. The van der Waals surface area contributed by atoms with Crippen molar-refractivity contribution in [2.24, 2.45) is 0 Å². The molecule has 1 aromatic heterocycles. The van der Waals surface area contributed by atoms with Gasteiger partial charge in [0.2, 0.25) is 0 Å². The molecule has 1 aromatic rings. The van der Waals surface area contributed by atoms with E-state index in [1.54, 1.807) is 0 Å². The van der Waals surface area contributed by atoms with E-state index in [4.69, 9.17) is 0 Å². The van der Waals surface area contributed by atoms with Crippen LogP contribution in [0, 0.1) is 0 Å². The Morgan fingerprint density at radius 3 is 1.64 bits per heavy atom. The highest BCUT2D eigenvalue weighted by Gasteiger charge is 2.90. The van der Waals surface area contributed by atoms with Gasteiger partial charge in [-0.3, -0.25) is 9.48 Å². The van der Waals surface area contributed by atoms with Crippen LogP contribution in [-0.4, -0.2) is 57.1 Å². The highest BCUT2D eigenvalue weighted by molar-refractivity contribution is 5.70. The van der Waals surface area contributed by atoms with Gasteiger partial charge in [-0.2, -0.15) is 57.1 Å². The zero-order chi connectivity index (χ0) is 22.4. The third-order valence-electron chi connectivity index (χ3n) is 3.33. The van der Waals surface area contributed by atoms with E-state index < -0.39 is 54.4 Å². The molecule has 0 N–H and O–H groups in total. The molecule has 0 saturated heterocycles. The summed E-state index contributed by atoms with van der Waals surface area (Å²) < 4.78 is 167. The Kier molecular flexibility index (Phi) is 5.77. The van der Waals surface area contributed by atoms with Gasteiger partial charge in [-0.1, -0.05) is 5.21 Å². The number of aryl methyl sites for hydroxylation is 1. The van der Waals surface area contributed by atoms with E-state index in [2.05, 4.69) is 10.3 Å². The van der Waals surface area contributed by atoms with Crippen molar-refractivity contribution >= 4 is 6.29 Å². The summed E-state index contributed by atoms with van der Waals surface area (Å²) in [6, 6.07) is 0. The molecule has 162 valence electrons. The van der Waals surface area contributed by atoms with Crippen LogP contribution in [0.15, 0.2) is 6.20 Å². The number of carbonyl (C=O) groups is 1. The van der Waals surface area contributed by atoms with Crippen LogP contribution in [0.4, 0.5) is 57.1 Å². The first-order chi connectivity index (χ1) is 12.3. The van der Waals surface area contributed by atoms with Crippen molar-refractivity contribution in [1.29, 1.82) is 0 Å². The number of hydrogen-bond acceptors (Lipinski definition) is 3. The molecule has 0 radical (unpaired) electrons. The molecule has 0 aliphatic heterocycles. The monoisotopic (exact) mass is 443 g/mol. The Hall–Kier alpha value is -2.10. The molecule has 0 aliphatic carbocycles. The van der Waals surface area contributed by atoms with Crippen LogP contribution in [0.3, 0.4) is 0 Å². The average molecular weight is 443 g/mol. The van der Waals surface area contributed by atoms with E-state index in [0.717, 1.165) is 0 Å². The van der Waals surface area contributed by atoms with Crippen LogP contribution in [0.25, 0.3) is 0 Å². The summed E-state index contributed by atoms with van der Waals surface area (Å²) in [5.74, 6) is -37.0. The lowest BCUT2D eigenvalue weighted by molar-refractivity contribution is -0.440. The molecule has 0 saturated carbocycles. The van der Waals surface area contributed by atoms with Gasteiger partial charge in [0.15, 0.2) is 6.29 Å². The maximum absolute atomic E-state index is 13.5. The molecule has 1 rings (SSSR count). The third kappa shape index (κ3) is 3.49. The highest BCUT2D eigenvalue weighted by atomic mass is 19.4. The summed E-state index contributed by atoms with van der Waals surface area (Å²) in [4.78, 5) is 10.3. The molecule has 0 bridgehead atoms. The maximum Gasteiger partial charge on any atom is 0.460 e. The van der Waals surface area contributed by atoms with Gasteiger partial charge >= 0.3 is 35.8 Å². The fourth-order valence-electron chi connectivity index (χ4n) is 1.69. The normalized spacial score (nSPS) is 15.0. The van der Waals surface area contributed by atoms with Crippen LogP contribution in [0.5, 0.6) is 0 Å². The smallest absolute Gasteiger partial charge is 0.296 e. The molecule has 28 heavy (non-hydrogen) atoms. The van der Waals surface area contributed by atoms with E-state index in [1.165, 1.54) is 0 Å². The molecule has 0 amide bonds. The van der Waals surface area contributed by atoms with Crippen molar-refractivity contribution in [1.82, 2.24) is 15.0 Å². The first-order valence-corrected chi connectivity index (χ1v) is 6.57. The van der Waals surface area contributed by atoms with Gasteiger partial charge in [0, 0.05) is 13.0 Å². The highest BCUT2D eigenvalue weighted by Crippen LogP contribution is 2.60. The zero-order valence-corrected chi connectivity index (χ0v) is 12.7. The predicted octanol–water partition coefficient (Wildman–Crippen LogP) is 4.22. The van der Waals surface area contributed by atoms with E-state index >= 15 is 0 Å². The molecule has 0 aromatic carbocycles. The summed E-state index contributed by atoms with van der Waals surface area (Å²) in [5.41, 5.74) is -0.531. The van der Waals surface area contributed by atoms with Gasteiger partial charge in [0.05, 0.1) is 6.20 Å². The van der Waals surface area contributed by atoms with Gasteiger partial charge in [-0.25, -0.2) is 0 Å². The van der Waals surface area contributed by atoms with Crippen molar-refractivity contribution in [3.8, 4) is 0 Å². The van der Waals surface area contributed by atoms with Crippen LogP contribution >= 0.6 is 0 Å². The lowest BCUT2D eigenvalue weighted by Crippen LogP contribution is -2.70. The van der Waals surface area contributed by atoms with Crippen LogP contribution < -0.4 is 0 Å². The first kappa shape index (κ1) is 23.9. The zero-order valence-electron chi connectivity index (χ0n) is 12.7. The molecule has 0 atom stereocenters. The first-order valence-electron chi connectivity index (χ1n) is 6.57. The summed E-state index contributed by atoms with van der Waals surface area (Å²) in [5, 5.41) is 5.87. The summed E-state index contributed by atoms with van der Waals surface area (Å²) >= 11 is 0. The molecular formula is C11H6F13N3O. The van der Waals surface area contributed by atoms with Crippen LogP contribution in [0.1, 0.15) is 16.9 Å². The predicted molar refractivity (Wildman–Crippen MR) is 60.8 cm³/mol. The second-order valence-corrected chi connectivity index (χ2v) is 5.27. The Morgan fingerprint density at radius 2 is 1.25 bits per heavy atom. The fourth-order valence-corrected chi connectivity index (χ4v) is 1.69. The van der Waals surface area contributed by atoms with Crippen molar-refractivity contribution in [2.75, 3.05) is 0 Å². The number of carbonyl (C=O) groups excluding carboxylic acids is 1. The second kappa shape index (κ2) is 6.75. The van der Waals surface area contributed by atoms with E-state index in [-0.39, 0.29) is 11.0 Å². The van der Waals surface area contributed by atoms with Crippen molar-refractivity contribution in [3.63, 3.8) is 0 Å². The summed E-state index contributed by atoms with van der Waals surface area (Å²) in [6.45, 7) is -1.46. The Morgan fingerprint density at radius 1 is 0.786 bits per heavy atom. The lowest BCUT2D eigenvalue weighted by atomic mass is 9.92. The standard InChI is InChI=1S/C11H6F13N3O/c12-6(13,1-2-27-3-5(4-28)25-26-27)7(14,15)8(16,17)9(18,19)10(20,21)11(22,23)24/h3-4H,1-2H2. The Bertz CT molecular complexity index is 709. The SMILES string of the molecule is O=Cc1cn(CCC(F)(F)C(F)(F)C(F)(F)C(F)(F)C(F)(F)C(F)(F)F)nn1. The van der Waals surface area contributed by atoms with Crippen molar-refractivity contribution in [2.45, 2.75) is 48.8 Å². The molecule has 4 nitrogen and oxygen atoms in total. The Balaban J connectivity index is 3.22. The number of nitrogens with zero attached hydrogens (tertiary/aromatic N) is 3. The topological polar surface area (TPSA) is 47.8 Å². The molecule has 1 heterocycles. The van der Waals surface area contributed by atoms with Gasteiger partial charge in [0.1, 0.15) is 5.69 Å². The van der Waals surface area contributed by atoms with Gasteiger partial charge in [0.25, 0.3) is 0 Å². The maximum atomic E-state index is 13.5. The minimum atomic E-state index is -7.93. The third-order valence-corrected chi connectivity index (χ3v) is 3.33. The molecule has 0 aliphatic rings. The number of alkyl halides is 13. The minimum absolute atomic E-state index is 0.00414. The second-order valence-electron chi connectivity index (χ2n) is 5.27. The van der Waals surface area contributed by atoms with E-state index in [1.807, 2.05) is 0 Å². The fraction of sp³-hybridized carbons (Fsp3) is 0.727. The lowest BCUT2D eigenvalue weighted by Gasteiger charge is -2.39. The molecular weight excluding hydrogens is 437 g/mol. The van der Waals surface area contributed by atoms with E-state index in [0.29, 0.717) is 6.20 Å². The van der Waals surface area contributed by atoms with Gasteiger partial charge in [-0.05, 0) is 0 Å². The minimum Gasteiger partial charge on any atom is -0.296 e. The summed E-state index contributed by atoms with van der Waals surface area (Å²) in [6.07, 6.45) is -9.35. The van der Waals surface area contributed by atoms with Gasteiger partial charge in [-0.15, -0.1) is 5.10 Å². The molecule has 17 heteroatoms. The number of aldehydes is 1. The number of hydrogen-bond donors (Lipinski definition) is 0. The quantitative estimate of drug-likeness (QED) is 0.447. The molecule has 0 unspecified atom stereocenters.